The van der Waals surface area contributed by atoms with E-state index in [1.807, 2.05) is 18.2 Å². The quantitative estimate of drug-likeness (QED) is 0.794. The molecule has 24 heavy (non-hydrogen) atoms. The zero-order chi connectivity index (χ0) is 16.4. The third kappa shape index (κ3) is 3.25. The minimum atomic E-state index is 0.623. The molecular formula is C22H25NO. The molecule has 2 aliphatic heterocycles. The summed E-state index contributed by atoms with van der Waals surface area (Å²) in [5.74, 6) is 0.941. The highest BCUT2D eigenvalue weighted by Crippen LogP contribution is 2.36. The highest BCUT2D eigenvalue weighted by atomic mass is 16.5. The predicted octanol–water partition coefficient (Wildman–Crippen LogP) is 4.91. The summed E-state index contributed by atoms with van der Waals surface area (Å²) >= 11 is 0. The van der Waals surface area contributed by atoms with E-state index in [0.717, 1.165) is 11.8 Å². The first-order valence-corrected chi connectivity index (χ1v) is 8.99. The summed E-state index contributed by atoms with van der Waals surface area (Å²) in [5.41, 5.74) is 4.07. The molecule has 4 rings (SSSR count). The molecule has 0 amide bonds. The fourth-order valence-corrected chi connectivity index (χ4v) is 3.96. The number of piperidine rings is 1. The van der Waals surface area contributed by atoms with E-state index in [2.05, 4.69) is 54.4 Å². The molecule has 2 aromatic rings. The number of fused-ring (bicyclic) bond motifs is 2. The molecule has 2 nitrogen and oxygen atoms in total. The number of rotatable bonds is 4. The molecule has 0 aliphatic carbocycles. The van der Waals surface area contributed by atoms with E-state index in [4.69, 9.17) is 4.74 Å². The van der Waals surface area contributed by atoms with Crippen molar-refractivity contribution in [1.82, 2.24) is 4.90 Å². The number of benzene rings is 2. The largest absolute Gasteiger partial charge is 0.489 e. The van der Waals surface area contributed by atoms with Gasteiger partial charge in [-0.1, -0.05) is 55.0 Å². The molecule has 2 bridgehead atoms. The van der Waals surface area contributed by atoms with Gasteiger partial charge in [-0.05, 0) is 55.1 Å². The molecule has 0 aromatic heterocycles. The number of nitrogens with zero attached hydrogens (tertiary/aromatic N) is 1. The van der Waals surface area contributed by atoms with E-state index < -0.39 is 0 Å². The van der Waals surface area contributed by atoms with Crippen LogP contribution in [0.4, 0.5) is 0 Å². The molecule has 1 saturated heterocycles. The van der Waals surface area contributed by atoms with Gasteiger partial charge in [0.2, 0.25) is 0 Å². The van der Waals surface area contributed by atoms with Crippen LogP contribution in [0.5, 0.6) is 5.75 Å². The van der Waals surface area contributed by atoms with Crippen molar-refractivity contribution in [3.8, 4) is 5.75 Å². The van der Waals surface area contributed by atoms with E-state index in [-0.39, 0.29) is 0 Å². The van der Waals surface area contributed by atoms with Gasteiger partial charge in [0.15, 0.2) is 0 Å². The standard InChI is InChI=1S/C22H25NO/c1-23-20-8-5-9-21(23)15-19(14-20)18-10-12-22(13-11-18)24-16-17-6-3-2-4-7-17/h2-4,6-7,10-14,20-21H,5,8-9,15-16H2,1H3. The third-order valence-electron chi connectivity index (χ3n) is 5.46. The van der Waals surface area contributed by atoms with Gasteiger partial charge in [-0.2, -0.15) is 0 Å². The van der Waals surface area contributed by atoms with Crippen LogP contribution in [0, 0.1) is 0 Å². The normalized spacial score (nSPS) is 23.6. The SMILES string of the molecule is CN1C2C=C(c3ccc(OCc4ccccc4)cc3)CC1CCC2. The molecule has 0 spiro atoms. The summed E-state index contributed by atoms with van der Waals surface area (Å²) in [5, 5.41) is 0. The lowest BCUT2D eigenvalue weighted by Gasteiger charge is -2.42. The van der Waals surface area contributed by atoms with Crippen LogP contribution in [0.25, 0.3) is 5.57 Å². The van der Waals surface area contributed by atoms with Crippen LogP contribution in [0.2, 0.25) is 0 Å². The second kappa shape index (κ2) is 6.82. The van der Waals surface area contributed by atoms with Crippen molar-refractivity contribution in [2.24, 2.45) is 0 Å². The van der Waals surface area contributed by atoms with Crippen molar-refractivity contribution >= 4 is 5.57 Å². The minimum Gasteiger partial charge on any atom is -0.489 e. The Morgan fingerprint density at radius 1 is 1.00 bits per heavy atom. The van der Waals surface area contributed by atoms with E-state index in [0.29, 0.717) is 12.6 Å². The Bertz CT molecular complexity index is 705. The summed E-state index contributed by atoms with van der Waals surface area (Å²) in [6, 6.07) is 20.3. The van der Waals surface area contributed by atoms with Gasteiger partial charge >= 0.3 is 0 Å². The maximum Gasteiger partial charge on any atom is 0.119 e. The Balaban J connectivity index is 1.44. The van der Waals surface area contributed by atoms with Gasteiger partial charge in [-0.15, -0.1) is 0 Å². The van der Waals surface area contributed by atoms with Gasteiger partial charge in [-0.3, -0.25) is 4.90 Å². The van der Waals surface area contributed by atoms with Crippen molar-refractivity contribution in [3.05, 3.63) is 71.8 Å². The van der Waals surface area contributed by atoms with E-state index >= 15 is 0 Å². The molecule has 124 valence electrons. The van der Waals surface area contributed by atoms with Crippen LogP contribution >= 0.6 is 0 Å². The Kier molecular flexibility index (Phi) is 4.40. The topological polar surface area (TPSA) is 12.5 Å². The van der Waals surface area contributed by atoms with Gasteiger partial charge in [0.05, 0.1) is 0 Å². The van der Waals surface area contributed by atoms with Gasteiger partial charge in [-0.25, -0.2) is 0 Å². The second-order valence-electron chi connectivity index (χ2n) is 7.01. The van der Waals surface area contributed by atoms with E-state index in [1.165, 1.54) is 42.4 Å². The molecule has 0 radical (unpaired) electrons. The lowest BCUT2D eigenvalue weighted by atomic mass is 9.83. The second-order valence-corrected chi connectivity index (χ2v) is 7.01. The van der Waals surface area contributed by atoms with Crippen LogP contribution in [0.3, 0.4) is 0 Å². The fraction of sp³-hybridized carbons (Fsp3) is 0.364. The molecule has 1 fully saturated rings. The third-order valence-corrected chi connectivity index (χ3v) is 5.46. The van der Waals surface area contributed by atoms with Crippen LogP contribution in [0.15, 0.2) is 60.7 Å². The molecule has 2 unspecified atom stereocenters. The molecule has 2 heteroatoms. The molecule has 2 heterocycles. The van der Waals surface area contributed by atoms with Crippen LogP contribution in [0.1, 0.15) is 36.8 Å². The van der Waals surface area contributed by atoms with Gasteiger partial charge in [0, 0.05) is 12.1 Å². The van der Waals surface area contributed by atoms with Crippen molar-refractivity contribution in [2.75, 3.05) is 7.05 Å². The predicted molar refractivity (Wildman–Crippen MR) is 99.0 cm³/mol. The number of hydrogen-bond donors (Lipinski definition) is 0. The number of ether oxygens (including phenoxy) is 1. The Labute approximate surface area is 144 Å². The van der Waals surface area contributed by atoms with Gasteiger partial charge < -0.3 is 4.74 Å². The van der Waals surface area contributed by atoms with Crippen molar-refractivity contribution in [3.63, 3.8) is 0 Å². The summed E-state index contributed by atoms with van der Waals surface area (Å²) < 4.78 is 5.90. The van der Waals surface area contributed by atoms with Gasteiger partial charge in [0.1, 0.15) is 12.4 Å². The first-order chi connectivity index (χ1) is 11.8. The first kappa shape index (κ1) is 15.5. The molecule has 2 aromatic carbocycles. The van der Waals surface area contributed by atoms with Crippen molar-refractivity contribution < 1.29 is 4.74 Å². The van der Waals surface area contributed by atoms with E-state index in [9.17, 15) is 0 Å². The monoisotopic (exact) mass is 319 g/mol. The Morgan fingerprint density at radius 2 is 1.79 bits per heavy atom. The summed E-state index contributed by atoms with van der Waals surface area (Å²) in [4.78, 5) is 2.56. The van der Waals surface area contributed by atoms with Crippen LogP contribution < -0.4 is 4.74 Å². The highest BCUT2D eigenvalue weighted by molar-refractivity contribution is 5.68. The smallest absolute Gasteiger partial charge is 0.119 e. The molecule has 0 N–H and O–H groups in total. The molecule has 2 aliphatic rings. The van der Waals surface area contributed by atoms with Gasteiger partial charge in [0.25, 0.3) is 0 Å². The Hall–Kier alpha value is -2.06. The summed E-state index contributed by atoms with van der Waals surface area (Å²) in [6.45, 7) is 0.623. The average Bonchev–Trinajstić information content (AvgIpc) is 2.61. The maximum atomic E-state index is 5.90. The zero-order valence-corrected chi connectivity index (χ0v) is 14.3. The summed E-state index contributed by atoms with van der Waals surface area (Å²) in [6.07, 6.45) is 7.67. The lowest BCUT2D eigenvalue weighted by molar-refractivity contribution is 0.137. The zero-order valence-electron chi connectivity index (χ0n) is 14.3. The van der Waals surface area contributed by atoms with E-state index in [1.54, 1.807) is 0 Å². The number of likely N-dealkylation sites (N-methyl/N-ethyl adjacent to an activating group) is 1. The molecule has 0 saturated carbocycles. The first-order valence-electron chi connectivity index (χ1n) is 8.99. The van der Waals surface area contributed by atoms with Crippen molar-refractivity contribution in [1.29, 1.82) is 0 Å². The summed E-state index contributed by atoms with van der Waals surface area (Å²) in [7, 11) is 2.28. The van der Waals surface area contributed by atoms with Crippen molar-refractivity contribution in [2.45, 2.75) is 44.4 Å². The average molecular weight is 319 g/mol. The molecular weight excluding hydrogens is 294 g/mol. The highest BCUT2D eigenvalue weighted by Gasteiger charge is 2.31. The van der Waals surface area contributed by atoms with Crippen LogP contribution in [-0.4, -0.2) is 24.0 Å². The maximum absolute atomic E-state index is 5.90. The Morgan fingerprint density at radius 3 is 2.54 bits per heavy atom. The lowest BCUT2D eigenvalue weighted by Crippen LogP contribution is -2.45. The number of hydrogen-bond acceptors (Lipinski definition) is 2. The minimum absolute atomic E-state index is 0.623. The fourth-order valence-electron chi connectivity index (χ4n) is 3.96. The van der Waals surface area contributed by atoms with Crippen LogP contribution in [-0.2, 0) is 6.61 Å². The molecule has 2 atom stereocenters.